The average molecular weight is 1820 g/mol. The number of fused-ring (bicyclic) bond motifs is 3. The zero-order chi connectivity index (χ0) is 92.4. The summed E-state index contributed by atoms with van der Waals surface area (Å²) in [6.45, 7) is 20.4. The number of alkyl halides is 2. The fourth-order valence-corrected chi connectivity index (χ4v) is 27.4. The molecule has 33 heteroatoms. The molecule has 31 nitrogen and oxygen atoms in total. The van der Waals surface area contributed by atoms with Crippen molar-refractivity contribution in [2.24, 2.45) is 85.8 Å². The summed E-state index contributed by atoms with van der Waals surface area (Å²) in [5.41, 5.74) is -10.1. The lowest BCUT2D eigenvalue weighted by Gasteiger charge is -2.60. The van der Waals surface area contributed by atoms with Gasteiger partial charge in [-0.15, -0.1) is 0 Å². The highest BCUT2D eigenvalue weighted by Gasteiger charge is 2.82. The first-order valence-electron chi connectivity index (χ1n) is 45.2. The molecule has 6 bridgehead atoms. The Bertz CT molecular complexity index is 6130. The highest BCUT2D eigenvalue weighted by Crippen LogP contribution is 2.75. The Balaban J connectivity index is 0.000000136. The topological polar surface area (TPSA) is 389 Å². The molecule has 3 aliphatic heterocycles. The number of nitrogens with zero attached hydrogens (tertiary/aromatic N) is 9. The number of esters is 3. The standard InChI is InChI=1S/C34H39N3O8.C31H37Cl2N3O7.C31H39N3O7/c1-20-12-14-33-18-26(43-4)28(38)34(33,42)32(20,3)27(45-29(39)25-11-8-16-44-25)17-24(21(33)2)22-13-15-35-30(40)37(31(41)36(35)19-22)23-9-6-5-7-10-23;1-17-10-12-30-15-22(42-4)24(37)31(30,41)29(17,3)23(43-26(38)25(32)33)14-21(18(30)2)19-11-13-34-27(39)36(28(40)35(34)16-19)20-8-6-5-7-9-20;1-5-25(36)41-24-15-22(19(3)30-13-11-18(2)29(24,4)31(30,40)26(37)23(35)16-30)20-12-14-32-27(38)34(28(39)33(32)17-20)21-9-7-6-8-10-21/h5-11,13,16,20-21,24,26-27,42H,12,14-15,17-19H2,1-4H3;5-9,11,17-18,21-23,25,41H,10,12-16H2,1-4H3;6-10,12,18-19,22-24,35,40H,5,11,13-17H2,1-4H3/t20-,21+,24-,26+,27-,32+,33+,34-;17-,18+,21-,22+,23-,29+,30+,31-;18-,19+,22-,23+,24-,29+,30+,31-/m111/s1. The number of carbonyl (C=O) groups is 6. The van der Waals surface area contributed by atoms with Crippen LogP contribution in [0.25, 0.3) is 17.1 Å². The summed E-state index contributed by atoms with van der Waals surface area (Å²) >= 11 is 11.9. The molecule has 19 rings (SSSR count). The lowest BCUT2D eigenvalue weighted by Crippen LogP contribution is -2.69. The molecule has 24 atom stereocenters. The van der Waals surface area contributed by atoms with E-state index in [1.807, 2.05) is 91.8 Å². The molecule has 9 fully saturated rings. The molecule has 0 saturated heterocycles. The first kappa shape index (κ1) is 91.1. The summed E-state index contributed by atoms with van der Waals surface area (Å²) in [7, 11) is 2.97. The number of rotatable bonds is 14. The molecule has 0 spiro atoms. The summed E-state index contributed by atoms with van der Waals surface area (Å²) in [6, 6.07) is 29.5. The minimum atomic E-state index is -1.88. The van der Waals surface area contributed by atoms with Crippen molar-refractivity contribution in [2.45, 2.75) is 250 Å². The predicted molar refractivity (Wildman–Crippen MR) is 471 cm³/mol. The van der Waals surface area contributed by atoms with Crippen molar-refractivity contribution < 1.29 is 77.3 Å². The van der Waals surface area contributed by atoms with E-state index in [0.29, 0.717) is 74.8 Å². The molecule has 4 N–H and O–H groups in total. The fourth-order valence-electron chi connectivity index (χ4n) is 27.3. The van der Waals surface area contributed by atoms with Crippen LogP contribution in [0, 0.1) is 85.8 Å². The molecular weight excluding hydrogens is 1700 g/mol. The number of benzene rings is 3. The number of aromatic nitrogens is 9. The summed E-state index contributed by atoms with van der Waals surface area (Å²) in [6.07, 6.45) is 7.64. The van der Waals surface area contributed by atoms with E-state index in [2.05, 4.69) is 6.92 Å². The van der Waals surface area contributed by atoms with Gasteiger partial charge in [-0.2, -0.15) is 0 Å². The van der Waals surface area contributed by atoms with Crippen molar-refractivity contribution in [3.8, 4) is 17.1 Å². The fraction of sp³-hybridized carbons (Fsp3) is 0.583. The molecule has 7 aromatic rings. The van der Waals surface area contributed by atoms with Crippen molar-refractivity contribution in [2.75, 3.05) is 14.2 Å². The van der Waals surface area contributed by atoms with Crippen LogP contribution in [0.1, 0.15) is 163 Å². The van der Waals surface area contributed by atoms with Crippen molar-refractivity contribution >= 4 is 58.5 Å². The highest BCUT2D eigenvalue weighted by molar-refractivity contribution is 6.53. The third kappa shape index (κ3) is 12.8. The third-order valence-corrected chi connectivity index (χ3v) is 35.4. The van der Waals surface area contributed by atoms with Crippen molar-refractivity contribution in [3.63, 3.8) is 0 Å². The van der Waals surface area contributed by atoms with Crippen LogP contribution >= 0.6 is 23.2 Å². The van der Waals surface area contributed by atoms with Gasteiger partial charge in [0.1, 0.15) is 53.4 Å². The molecule has 12 aliphatic rings. The largest absolute Gasteiger partial charge is 0.462 e. The van der Waals surface area contributed by atoms with Gasteiger partial charge in [0.05, 0.1) is 62.6 Å². The van der Waals surface area contributed by atoms with Crippen LogP contribution in [-0.2, 0) is 86.9 Å². The maximum Gasteiger partial charge on any atom is 0.374 e. The van der Waals surface area contributed by atoms with Gasteiger partial charge in [-0.05, 0) is 196 Å². The second-order valence-corrected chi connectivity index (χ2v) is 40.3. The number of methoxy groups -OCH3 is 2. The number of hydrogen-bond donors (Lipinski definition) is 4. The smallest absolute Gasteiger partial charge is 0.374 e. The molecule has 129 heavy (non-hydrogen) atoms. The molecule has 0 amide bonds. The van der Waals surface area contributed by atoms with E-state index in [4.69, 9.17) is 51.3 Å². The Labute approximate surface area is 753 Å². The average Bonchev–Trinajstić information content (AvgIpc) is 1.52. The van der Waals surface area contributed by atoms with Gasteiger partial charge in [-0.25, -0.2) is 80.1 Å². The van der Waals surface area contributed by atoms with Crippen LogP contribution in [0.4, 0.5) is 0 Å². The Morgan fingerprint density at radius 3 is 1.10 bits per heavy atom. The molecule has 690 valence electrons. The number of hydrogen-bond acceptors (Lipinski definition) is 22. The minimum Gasteiger partial charge on any atom is -0.462 e. The van der Waals surface area contributed by atoms with Crippen LogP contribution in [0.15, 0.2) is 178 Å². The van der Waals surface area contributed by atoms with Gasteiger partial charge in [-0.1, -0.05) is 165 Å². The number of allylic oxidation sites excluding steroid dienone is 6. The second-order valence-electron chi connectivity index (χ2n) is 39.2. The molecule has 4 aromatic heterocycles. The Kier molecular flexibility index (Phi) is 23.2. The van der Waals surface area contributed by atoms with E-state index in [9.17, 15) is 78.0 Å². The number of aliphatic hydroxyl groups is 4. The first-order valence-corrected chi connectivity index (χ1v) is 46.1. The maximum absolute atomic E-state index is 14.2. The zero-order valence-electron chi connectivity index (χ0n) is 74.7. The van der Waals surface area contributed by atoms with Gasteiger partial charge >= 0.3 is 52.0 Å². The van der Waals surface area contributed by atoms with Crippen LogP contribution in [0.5, 0.6) is 0 Å². The highest BCUT2D eigenvalue weighted by atomic mass is 35.5. The Morgan fingerprint density at radius 1 is 0.450 bits per heavy atom. The lowest BCUT2D eigenvalue weighted by atomic mass is 9.46. The molecule has 0 radical (unpaired) electrons. The summed E-state index contributed by atoms with van der Waals surface area (Å²) < 4.78 is 47.2. The number of furan rings is 1. The normalized spacial score (nSPS) is 36.9. The van der Waals surface area contributed by atoms with E-state index in [1.165, 1.54) is 59.2 Å². The van der Waals surface area contributed by atoms with E-state index < -0.39 is 154 Å². The van der Waals surface area contributed by atoms with Crippen LogP contribution in [-0.4, -0.2) is 170 Å². The zero-order valence-corrected chi connectivity index (χ0v) is 76.2. The number of halogens is 2. The van der Waals surface area contributed by atoms with Crippen LogP contribution in [0.3, 0.4) is 0 Å². The van der Waals surface area contributed by atoms with E-state index >= 15 is 0 Å². The molecule has 9 aliphatic carbocycles. The first-order chi connectivity index (χ1) is 61.2. The molecule has 0 unspecified atom stereocenters. The molecule has 3 aromatic carbocycles. The Morgan fingerprint density at radius 2 is 0.775 bits per heavy atom. The van der Waals surface area contributed by atoms with E-state index in [1.54, 1.807) is 85.8 Å². The van der Waals surface area contributed by atoms with Crippen LogP contribution in [0.2, 0.25) is 0 Å². The molecule has 9 saturated carbocycles. The van der Waals surface area contributed by atoms with Gasteiger partial charge in [0.2, 0.25) is 10.6 Å². The van der Waals surface area contributed by atoms with E-state index in [0.717, 1.165) is 32.3 Å². The quantitative estimate of drug-likeness (QED) is 0.0342. The summed E-state index contributed by atoms with van der Waals surface area (Å²) in [5, 5.41) is 49.4. The Hall–Kier alpha value is -9.86. The number of aliphatic hydroxyl groups excluding tert-OH is 1. The molecule has 7 heterocycles. The second kappa shape index (κ2) is 32.9. The summed E-state index contributed by atoms with van der Waals surface area (Å²) in [4.78, 5) is 161. The SMILES string of the molecule is CCC(=O)O[C@@H]1C[C@@H](C2=CCn3c(=O)n(-c4ccccc4)c(=O)n3C2)[C@H](C)[C@@]23CC[C@@H](C)[C@]1(C)[C@]2(O)C(=O)[C@@H](O)C3.CO[C@H]1C[C@@]23CC[C@@H](C)[C@@](C)([C@H](OC(=O)C(Cl)Cl)C[C@@H](C4=CCn5c(=O)n(-c6ccccc6)c(=O)n5C4)[C@@H]2C)[C@]3(O)C1=O.CO[C@H]1C[C@@]23CC[C@@H](C)[C@@](C)([C@H](OC(=O)c4ccco4)C[C@@H](C4=CCn5c(=O)n(-c6ccccc6)c(=O)n5C4)[C@@H]2C)[C@]3(O)C1=O. The number of para-hydroxylation sites is 3. The van der Waals surface area contributed by atoms with Crippen LogP contribution < -0.4 is 34.1 Å². The maximum atomic E-state index is 14.2. The monoisotopic (exact) mass is 1820 g/mol. The van der Waals surface area contributed by atoms with Gasteiger partial charge in [0, 0.05) is 53.1 Å². The molecular formula is C96H115Cl2N9O22. The van der Waals surface area contributed by atoms with Crippen molar-refractivity contribution in [1.82, 2.24) is 41.8 Å². The number of carbonyl (C=O) groups excluding carboxylic acids is 6. The minimum absolute atomic E-state index is 0.0383. The van der Waals surface area contributed by atoms with Crippen molar-refractivity contribution in [3.05, 3.63) is 213 Å². The van der Waals surface area contributed by atoms with E-state index in [-0.39, 0.29) is 123 Å². The van der Waals surface area contributed by atoms with Crippen molar-refractivity contribution in [1.29, 1.82) is 0 Å². The summed E-state index contributed by atoms with van der Waals surface area (Å²) in [5.74, 6) is -5.37. The van der Waals surface area contributed by atoms with Gasteiger partial charge in [0.15, 0.2) is 17.3 Å². The predicted octanol–water partition coefficient (Wildman–Crippen LogP) is 8.82. The number of ketones is 3. The number of Topliss-reactive ketones (excluding diaryl/α,β-unsaturated/α-hetero) is 3. The van der Waals surface area contributed by atoms with Gasteiger partial charge in [0.25, 0.3) is 0 Å². The lowest BCUT2D eigenvalue weighted by molar-refractivity contribution is -0.235. The number of ether oxygens (including phenoxy) is 5. The third-order valence-electron chi connectivity index (χ3n) is 35.0. The van der Waals surface area contributed by atoms with Gasteiger partial charge < -0.3 is 48.5 Å². The van der Waals surface area contributed by atoms with Gasteiger partial charge in [-0.3, -0.25) is 19.2 Å².